The predicted molar refractivity (Wildman–Crippen MR) is 286 cm³/mol. The normalized spacial score (nSPS) is 17.0. The van der Waals surface area contributed by atoms with Crippen LogP contribution in [0.5, 0.6) is 0 Å². The van der Waals surface area contributed by atoms with Gasteiger partial charge < -0.3 is 20.0 Å². The number of rotatable bonds is 24. The van der Waals surface area contributed by atoms with E-state index in [-0.39, 0.29) is 35.7 Å². The molecule has 10 heteroatoms. The van der Waals surface area contributed by atoms with Gasteiger partial charge in [-0.05, 0) is 73.2 Å². The maximum atomic E-state index is 15.5. The van der Waals surface area contributed by atoms with E-state index in [1.807, 2.05) is 12.1 Å². The second kappa shape index (κ2) is 22.1. The topological polar surface area (TPSA) is 96.5 Å². The van der Waals surface area contributed by atoms with Crippen LogP contribution in [0.3, 0.4) is 0 Å². The van der Waals surface area contributed by atoms with Crippen molar-refractivity contribution in [2.75, 3.05) is 69.2 Å². The van der Waals surface area contributed by atoms with Gasteiger partial charge in [0.2, 0.25) is 0 Å². The molecule has 0 unspecified atom stereocenters. The number of likely N-dealkylation sites (N-methyl/N-ethyl adjacent to an activating group) is 1. The highest BCUT2D eigenvalue weighted by Crippen LogP contribution is 2.53. The van der Waals surface area contributed by atoms with Gasteiger partial charge in [0.25, 0.3) is 23.6 Å². The molecule has 10 nitrogen and oxygen atoms in total. The van der Waals surface area contributed by atoms with Gasteiger partial charge in [-0.1, -0.05) is 143 Å². The third-order valence-electron chi connectivity index (χ3n) is 16.5. The van der Waals surface area contributed by atoms with Crippen LogP contribution in [0, 0.1) is 0 Å². The van der Waals surface area contributed by atoms with Crippen molar-refractivity contribution in [2.45, 2.75) is 168 Å². The van der Waals surface area contributed by atoms with Crippen molar-refractivity contribution in [2.24, 2.45) is 0 Å². The van der Waals surface area contributed by atoms with Gasteiger partial charge >= 0.3 is 0 Å². The fraction of sp³-hybridized carbons (Fsp3) is 0.593. The van der Waals surface area contributed by atoms with Crippen LogP contribution in [0.2, 0.25) is 0 Å². The molecule has 4 amide bonds. The Morgan fingerprint density at radius 3 is 1.20 bits per heavy atom. The van der Waals surface area contributed by atoms with E-state index in [2.05, 4.69) is 79.0 Å². The number of hydrogen-bond donors (Lipinski definition) is 1. The zero-order chi connectivity index (χ0) is 48.2. The van der Waals surface area contributed by atoms with Crippen molar-refractivity contribution in [1.29, 1.82) is 0 Å². The summed E-state index contributed by atoms with van der Waals surface area (Å²) in [4.78, 5) is 71.9. The van der Waals surface area contributed by atoms with Crippen LogP contribution >= 0.6 is 0 Å². The van der Waals surface area contributed by atoms with Crippen LogP contribution in [0.15, 0.2) is 36.4 Å². The van der Waals surface area contributed by atoms with Crippen molar-refractivity contribution >= 4 is 78.1 Å². The quantitative estimate of drug-likeness (QED) is 0.0283. The van der Waals surface area contributed by atoms with Crippen LogP contribution in [-0.4, -0.2) is 110 Å². The van der Waals surface area contributed by atoms with Crippen LogP contribution in [-0.2, 0) is 0 Å². The summed E-state index contributed by atoms with van der Waals surface area (Å²) < 4.78 is 0. The molecule has 0 bridgehead atoms. The predicted octanol–water partition coefficient (Wildman–Crippen LogP) is 12.7. The molecule has 0 saturated carbocycles. The van der Waals surface area contributed by atoms with Crippen molar-refractivity contribution in [3.63, 3.8) is 0 Å². The third-order valence-corrected chi connectivity index (χ3v) is 16.5. The minimum Gasteiger partial charge on any atom is -0.368 e. The molecule has 1 N–H and O–H groups in total. The Kier molecular flexibility index (Phi) is 15.8. The standard InChI is InChI=1S/C59H80N6O4/c1-6-10-14-18-22-40(23-19-15-11-7-2)64-56(66)44-28-26-42-50-43(27-29-45(51(44)50)57(64)67)54-49(63-36-34-61(5)35-37-63)39-47-52-46(38-48(53(42)55(52)54)62-32-30-60-31-33-62)58(68)65(59(47)69)41(24-20-16-12-8-3)25-21-17-13-9-4/h26-29,38-41,60H,6-25,30-37H2,1-5H3. The van der Waals surface area contributed by atoms with Gasteiger partial charge in [-0.25, -0.2) is 0 Å². The van der Waals surface area contributed by atoms with E-state index < -0.39 is 0 Å². The van der Waals surface area contributed by atoms with Crippen molar-refractivity contribution in [3.8, 4) is 0 Å². The van der Waals surface area contributed by atoms with Gasteiger partial charge in [-0.2, -0.15) is 0 Å². The number of amides is 4. The minimum absolute atomic E-state index is 0.143. The second-order valence-electron chi connectivity index (χ2n) is 21.2. The molecule has 5 aromatic rings. The van der Waals surface area contributed by atoms with Crippen LogP contribution in [0.4, 0.5) is 11.4 Å². The summed E-state index contributed by atoms with van der Waals surface area (Å²) in [6, 6.07) is 12.2. The largest absolute Gasteiger partial charge is 0.368 e. The molecule has 0 spiro atoms. The first-order valence-electron chi connectivity index (χ1n) is 27.7. The summed E-state index contributed by atoms with van der Waals surface area (Å²) in [6.07, 6.45) is 20.8. The first-order chi connectivity index (χ1) is 33.7. The Labute approximate surface area is 411 Å². The number of imide groups is 2. The lowest BCUT2D eigenvalue weighted by Crippen LogP contribution is -2.48. The Morgan fingerprint density at radius 2 is 0.797 bits per heavy atom. The van der Waals surface area contributed by atoms with E-state index in [0.29, 0.717) is 22.3 Å². The molecular formula is C59H80N6O4. The molecular weight excluding hydrogens is 857 g/mol. The Morgan fingerprint density at radius 1 is 0.420 bits per heavy atom. The van der Waals surface area contributed by atoms with E-state index in [9.17, 15) is 0 Å². The van der Waals surface area contributed by atoms with Gasteiger partial charge in [0.15, 0.2) is 0 Å². The molecule has 69 heavy (non-hydrogen) atoms. The fourth-order valence-corrected chi connectivity index (χ4v) is 12.6. The summed E-state index contributed by atoms with van der Waals surface area (Å²) in [5, 5.41) is 10.9. The number of hydrogen-bond acceptors (Lipinski definition) is 8. The van der Waals surface area contributed by atoms with Crippen LogP contribution < -0.4 is 15.1 Å². The average Bonchev–Trinajstić information content (AvgIpc) is 3.37. The number of carbonyl (C=O) groups excluding carboxylic acids is 4. The maximum absolute atomic E-state index is 15.5. The number of nitrogens with one attached hydrogen (secondary N) is 1. The van der Waals surface area contributed by atoms with E-state index in [1.165, 1.54) is 0 Å². The number of anilines is 2. The summed E-state index contributed by atoms with van der Waals surface area (Å²) in [5.41, 5.74) is 4.43. The van der Waals surface area contributed by atoms with Crippen LogP contribution in [0.1, 0.15) is 198 Å². The molecule has 0 aliphatic carbocycles. The first kappa shape index (κ1) is 49.2. The molecule has 0 radical (unpaired) electrons. The molecule has 4 aliphatic rings. The summed E-state index contributed by atoms with van der Waals surface area (Å²) in [6.45, 7) is 15.4. The number of benzene rings is 5. The number of unbranched alkanes of at least 4 members (excludes halogenated alkanes) is 12. The Bertz CT molecular complexity index is 2610. The van der Waals surface area contributed by atoms with E-state index in [4.69, 9.17) is 0 Å². The molecule has 4 heterocycles. The van der Waals surface area contributed by atoms with Gasteiger partial charge in [-0.3, -0.25) is 29.0 Å². The maximum Gasteiger partial charge on any atom is 0.261 e. The zero-order valence-corrected chi connectivity index (χ0v) is 42.8. The average molecular weight is 937 g/mol. The summed E-state index contributed by atoms with van der Waals surface area (Å²) in [7, 11) is 2.17. The lowest BCUT2D eigenvalue weighted by molar-refractivity contribution is 0.0501. The third kappa shape index (κ3) is 9.34. The minimum atomic E-state index is -0.180. The summed E-state index contributed by atoms with van der Waals surface area (Å²) in [5.74, 6) is -0.700. The fourth-order valence-electron chi connectivity index (χ4n) is 12.6. The molecule has 0 atom stereocenters. The number of carbonyl (C=O) groups is 4. The Hall–Kier alpha value is -4.80. The smallest absolute Gasteiger partial charge is 0.261 e. The van der Waals surface area contributed by atoms with Crippen molar-refractivity contribution in [3.05, 3.63) is 58.7 Å². The van der Waals surface area contributed by atoms with E-state index in [1.54, 1.807) is 9.80 Å². The number of piperazine rings is 2. The SMILES string of the molecule is CCCCCCC(CCCCCC)N1C(=O)c2ccc3c4c(N5CCNCC5)cc5c6c(cc(N7CCN(C)CC7)c(c7ccc(c2c37)C1=O)c64)C(=O)N(C(CCCCCC)CCCCCC)C5=O. The van der Waals surface area contributed by atoms with Gasteiger partial charge in [-0.15, -0.1) is 0 Å². The van der Waals surface area contributed by atoms with Gasteiger partial charge in [0.05, 0.1) is 11.1 Å². The molecule has 4 aliphatic heterocycles. The zero-order valence-electron chi connectivity index (χ0n) is 42.8. The second-order valence-corrected chi connectivity index (χ2v) is 21.2. The van der Waals surface area contributed by atoms with Gasteiger partial charge in [0, 0.05) is 114 Å². The highest BCUT2D eigenvalue weighted by atomic mass is 16.2. The molecule has 9 rings (SSSR count). The lowest BCUT2D eigenvalue weighted by Gasteiger charge is -2.39. The number of nitrogens with zero attached hydrogens (tertiary/aromatic N) is 5. The monoisotopic (exact) mass is 937 g/mol. The summed E-state index contributed by atoms with van der Waals surface area (Å²) >= 11 is 0. The van der Waals surface area contributed by atoms with Crippen molar-refractivity contribution < 1.29 is 19.2 Å². The first-order valence-corrected chi connectivity index (χ1v) is 27.7. The van der Waals surface area contributed by atoms with E-state index in [0.717, 1.165) is 235 Å². The van der Waals surface area contributed by atoms with E-state index >= 15 is 19.2 Å². The van der Waals surface area contributed by atoms with Gasteiger partial charge in [0.1, 0.15) is 0 Å². The number of fused-ring (bicyclic) bond motifs is 2. The van der Waals surface area contributed by atoms with Crippen molar-refractivity contribution in [1.82, 2.24) is 20.0 Å². The molecule has 0 aromatic heterocycles. The highest BCUT2D eigenvalue weighted by molar-refractivity contribution is 6.44. The molecule has 2 saturated heterocycles. The lowest BCUT2D eigenvalue weighted by atomic mass is 9.80. The molecule has 370 valence electrons. The highest BCUT2D eigenvalue weighted by Gasteiger charge is 2.42. The molecule has 5 aromatic carbocycles. The Balaban J connectivity index is 1.28. The molecule has 2 fully saturated rings. The van der Waals surface area contributed by atoms with Crippen LogP contribution in [0.25, 0.3) is 43.1 Å².